The van der Waals surface area contributed by atoms with Gasteiger partial charge in [0, 0.05) is 10.6 Å². The fourth-order valence-corrected chi connectivity index (χ4v) is 4.14. The topological polar surface area (TPSA) is 101 Å². The summed E-state index contributed by atoms with van der Waals surface area (Å²) in [6.07, 6.45) is 1.63. The molecule has 0 fully saturated rings. The van der Waals surface area contributed by atoms with Gasteiger partial charge in [0.05, 0.1) is 25.7 Å². The van der Waals surface area contributed by atoms with Crippen LogP contribution in [-0.4, -0.2) is 32.1 Å². The van der Waals surface area contributed by atoms with E-state index in [1.165, 1.54) is 11.8 Å². The molecular weight excluding hydrogens is 490 g/mol. The van der Waals surface area contributed by atoms with Gasteiger partial charge >= 0.3 is 0 Å². The molecule has 0 atom stereocenters. The monoisotopic (exact) mass is 509 g/mol. The SMILES string of the molecule is COc1ccc(-c2nnc(CSc3nnc(COc4ccc(Cl)cc4)n3Cc3ccco3)o2)cc1. The highest BCUT2D eigenvalue weighted by Gasteiger charge is 2.17. The largest absolute Gasteiger partial charge is 0.497 e. The van der Waals surface area contributed by atoms with E-state index in [-0.39, 0.29) is 6.61 Å². The van der Waals surface area contributed by atoms with Crippen LogP contribution in [0.4, 0.5) is 0 Å². The normalized spacial score (nSPS) is 11.0. The smallest absolute Gasteiger partial charge is 0.247 e. The van der Waals surface area contributed by atoms with Gasteiger partial charge in [0.1, 0.15) is 23.9 Å². The number of thioether (sulfide) groups is 1. The number of benzene rings is 2. The zero-order chi connectivity index (χ0) is 24.0. The Balaban J connectivity index is 1.29. The van der Waals surface area contributed by atoms with Gasteiger partial charge in [0.25, 0.3) is 0 Å². The van der Waals surface area contributed by atoms with Gasteiger partial charge < -0.3 is 18.3 Å². The second-order valence-electron chi connectivity index (χ2n) is 7.33. The lowest BCUT2D eigenvalue weighted by Crippen LogP contribution is -2.09. The van der Waals surface area contributed by atoms with Gasteiger partial charge in [-0.25, -0.2) is 0 Å². The third kappa shape index (κ3) is 5.67. The van der Waals surface area contributed by atoms with Gasteiger partial charge in [-0.3, -0.25) is 4.57 Å². The zero-order valence-electron chi connectivity index (χ0n) is 18.6. The van der Waals surface area contributed by atoms with Crippen LogP contribution in [-0.2, 0) is 18.9 Å². The molecule has 5 aromatic rings. The van der Waals surface area contributed by atoms with Crippen molar-refractivity contribution in [1.82, 2.24) is 25.0 Å². The molecular formula is C24H20ClN5O4S. The number of halogens is 1. The fourth-order valence-electron chi connectivity index (χ4n) is 3.22. The highest BCUT2D eigenvalue weighted by atomic mass is 35.5. The second-order valence-corrected chi connectivity index (χ2v) is 8.70. The van der Waals surface area contributed by atoms with Crippen molar-refractivity contribution in [2.24, 2.45) is 0 Å². The Labute approximate surface area is 210 Å². The summed E-state index contributed by atoms with van der Waals surface area (Å²) in [4.78, 5) is 0. The van der Waals surface area contributed by atoms with Crippen LogP contribution in [0.2, 0.25) is 5.02 Å². The Morgan fingerprint density at radius 2 is 1.74 bits per heavy atom. The number of methoxy groups -OCH3 is 1. The molecule has 0 unspecified atom stereocenters. The van der Waals surface area contributed by atoms with Gasteiger partial charge in [-0.2, -0.15) is 0 Å². The summed E-state index contributed by atoms with van der Waals surface area (Å²) in [5.74, 6) is 4.23. The first kappa shape index (κ1) is 23.0. The van der Waals surface area contributed by atoms with Gasteiger partial charge in [0.2, 0.25) is 11.8 Å². The molecule has 9 nitrogen and oxygen atoms in total. The van der Waals surface area contributed by atoms with Crippen LogP contribution >= 0.6 is 23.4 Å². The third-order valence-electron chi connectivity index (χ3n) is 5.00. The standard InChI is InChI=1S/C24H20ClN5O4S/c1-31-18-8-4-16(5-9-18)23-28-27-22(34-23)15-35-24-29-26-21(30(24)13-20-3-2-12-32-20)14-33-19-10-6-17(25)7-11-19/h2-12H,13-15H2,1H3. The molecule has 0 saturated heterocycles. The lowest BCUT2D eigenvalue weighted by Gasteiger charge is -2.09. The molecule has 2 aromatic carbocycles. The minimum Gasteiger partial charge on any atom is -0.497 e. The fraction of sp³-hybridized carbons (Fsp3) is 0.167. The first-order valence-electron chi connectivity index (χ1n) is 10.6. The van der Waals surface area contributed by atoms with Crippen LogP contribution in [0.1, 0.15) is 17.5 Å². The Hall–Kier alpha value is -3.76. The highest BCUT2D eigenvalue weighted by Crippen LogP contribution is 2.26. The van der Waals surface area contributed by atoms with Crippen molar-refractivity contribution in [3.05, 3.63) is 89.4 Å². The van der Waals surface area contributed by atoms with Crippen molar-refractivity contribution in [2.45, 2.75) is 24.1 Å². The molecule has 0 aliphatic rings. The molecule has 0 radical (unpaired) electrons. The number of rotatable bonds is 10. The predicted octanol–water partition coefficient (Wildman–Crippen LogP) is 5.50. The Bertz CT molecular complexity index is 1370. The molecule has 0 aliphatic carbocycles. The van der Waals surface area contributed by atoms with E-state index in [0.29, 0.717) is 45.8 Å². The number of hydrogen-bond donors (Lipinski definition) is 0. The van der Waals surface area contributed by atoms with Crippen molar-refractivity contribution in [3.63, 3.8) is 0 Å². The molecule has 3 aromatic heterocycles. The van der Waals surface area contributed by atoms with Gasteiger partial charge in [-0.1, -0.05) is 23.4 Å². The first-order valence-corrected chi connectivity index (χ1v) is 12.0. The molecule has 11 heteroatoms. The van der Waals surface area contributed by atoms with E-state index in [2.05, 4.69) is 20.4 Å². The third-order valence-corrected chi connectivity index (χ3v) is 6.20. The van der Waals surface area contributed by atoms with Gasteiger partial charge in [-0.05, 0) is 60.7 Å². The number of furan rings is 1. The minimum atomic E-state index is 0.234. The number of aromatic nitrogens is 5. The van der Waals surface area contributed by atoms with Crippen molar-refractivity contribution < 1.29 is 18.3 Å². The van der Waals surface area contributed by atoms with Crippen LogP contribution in [0, 0.1) is 0 Å². The first-order chi connectivity index (χ1) is 17.2. The highest BCUT2D eigenvalue weighted by molar-refractivity contribution is 7.98. The second kappa shape index (κ2) is 10.7. The average molecular weight is 510 g/mol. The molecule has 0 saturated carbocycles. The maximum atomic E-state index is 5.95. The quantitative estimate of drug-likeness (QED) is 0.226. The molecule has 178 valence electrons. The zero-order valence-corrected chi connectivity index (χ0v) is 20.2. The van der Waals surface area contributed by atoms with Crippen molar-refractivity contribution in [3.8, 4) is 23.0 Å². The number of nitrogens with zero attached hydrogens (tertiary/aromatic N) is 5. The predicted molar refractivity (Wildman–Crippen MR) is 129 cm³/mol. The molecule has 0 spiro atoms. The minimum absolute atomic E-state index is 0.234. The van der Waals surface area contributed by atoms with E-state index in [1.807, 2.05) is 41.0 Å². The molecule has 3 heterocycles. The van der Waals surface area contributed by atoms with Crippen LogP contribution in [0.25, 0.3) is 11.5 Å². The lowest BCUT2D eigenvalue weighted by atomic mass is 10.2. The van der Waals surface area contributed by atoms with Crippen LogP contribution in [0.15, 0.2) is 80.9 Å². The van der Waals surface area contributed by atoms with Crippen LogP contribution in [0.3, 0.4) is 0 Å². The molecule has 0 amide bonds. The van der Waals surface area contributed by atoms with Crippen molar-refractivity contribution >= 4 is 23.4 Å². The number of ether oxygens (including phenoxy) is 2. The van der Waals surface area contributed by atoms with Gasteiger partial charge in [-0.15, -0.1) is 20.4 Å². The van der Waals surface area contributed by atoms with E-state index in [0.717, 1.165) is 17.1 Å². The average Bonchev–Trinajstić information content (AvgIpc) is 3.65. The van der Waals surface area contributed by atoms with Gasteiger partial charge in [0.15, 0.2) is 11.0 Å². The summed E-state index contributed by atoms with van der Waals surface area (Å²) in [5.41, 5.74) is 0.817. The van der Waals surface area contributed by atoms with Crippen molar-refractivity contribution in [2.75, 3.05) is 7.11 Å². The Morgan fingerprint density at radius 3 is 2.49 bits per heavy atom. The maximum absolute atomic E-state index is 5.95. The summed E-state index contributed by atoms with van der Waals surface area (Å²) in [6.45, 7) is 0.695. The van der Waals surface area contributed by atoms with E-state index >= 15 is 0 Å². The summed E-state index contributed by atoms with van der Waals surface area (Å²) in [7, 11) is 1.62. The molecule has 0 N–H and O–H groups in total. The maximum Gasteiger partial charge on any atom is 0.247 e. The molecule has 0 bridgehead atoms. The van der Waals surface area contributed by atoms with E-state index in [9.17, 15) is 0 Å². The van der Waals surface area contributed by atoms with Crippen LogP contribution < -0.4 is 9.47 Å². The summed E-state index contributed by atoms with van der Waals surface area (Å²) < 4.78 is 24.4. The lowest BCUT2D eigenvalue weighted by molar-refractivity contribution is 0.287. The van der Waals surface area contributed by atoms with Crippen molar-refractivity contribution in [1.29, 1.82) is 0 Å². The van der Waals surface area contributed by atoms with E-state index in [4.69, 9.17) is 29.9 Å². The Morgan fingerprint density at radius 1 is 0.943 bits per heavy atom. The summed E-state index contributed by atoms with van der Waals surface area (Å²) >= 11 is 7.39. The number of hydrogen-bond acceptors (Lipinski definition) is 9. The van der Waals surface area contributed by atoms with Crippen LogP contribution in [0.5, 0.6) is 11.5 Å². The molecule has 0 aliphatic heterocycles. The van der Waals surface area contributed by atoms with E-state index in [1.54, 1.807) is 37.6 Å². The Kier molecular flexibility index (Phi) is 7.01. The molecule has 35 heavy (non-hydrogen) atoms. The molecule has 5 rings (SSSR count). The summed E-state index contributed by atoms with van der Waals surface area (Å²) in [6, 6.07) is 18.3. The van der Waals surface area contributed by atoms with E-state index < -0.39 is 0 Å². The summed E-state index contributed by atoms with van der Waals surface area (Å²) in [5, 5.41) is 18.3.